The molecule has 0 saturated carbocycles. The van der Waals surface area contributed by atoms with E-state index in [9.17, 15) is 0 Å². The van der Waals surface area contributed by atoms with E-state index < -0.39 is 6.10 Å². The van der Waals surface area contributed by atoms with E-state index in [-0.39, 0.29) is 0 Å². The summed E-state index contributed by atoms with van der Waals surface area (Å²) < 4.78 is 11.0. The van der Waals surface area contributed by atoms with Crippen LogP contribution in [0.25, 0.3) is 11.4 Å². The molecule has 0 fully saturated rings. The maximum Gasteiger partial charge on any atom is 0.267 e. The van der Waals surface area contributed by atoms with E-state index in [0.29, 0.717) is 27.5 Å². The minimum Gasteiger partial charge on any atom is -0.479 e. The smallest absolute Gasteiger partial charge is 0.267 e. The summed E-state index contributed by atoms with van der Waals surface area (Å²) in [6.45, 7) is 1.80. The van der Waals surface area contributed by atoms with Gasteiger partial charge in [-0.2, -0.15) is 4.98 Å². The van der Waals surface area contributed by atoms with Crippen LogP contribution in [0.3, 0.4) is 0 Å². The van der Waals surface area contributed by atoms with Crippen molar-refractivity contribution in [2.45, 2.75) is 13.0 Å². The van der Waals surface area contributed by atoms with Gasteiger partial charge in [0.05, 0.1) is 5.02 Å². The molecule has 0 unspecified atom stereocenters. The van der Waals surface area contributed by atoms with Crippen LogP contribution in [0.2, 0.25) is 10.0 Å². The predicted molar refractivity (Wildman–Crippen MR) is 83.0 cm³/mol. The third-order valence-corrected chi connectivity index (χ3v) is 3.44. The van der Waals surface area contributed by atoms with Gasteiger partial charge in [-0.05, 0) is 37.3 Å². The highest BCUT2D eigenvalue weighted by Gasteiger charge is 2.18. The molecule has 2 heterocycles. The third kappa shape index (κ3) is 3.21. The van der Waals surface area contributed by atoms with Crippen molar-refractivity contribution in [1.82, 2.24) is 15.1 Å². The Kier molecular flexibility index (Phi) is 4.27. The lowest BCUT2D eigenvalue weighted by atomic mass is 10.3. The molecule has 0 aliphatic rings. The number of ether oxygens (including phenoxy) is 1. The molecule has 1 atom stereocenters. The number of hydrogen-bond acceptors (Lipinski definition) is 5. The zero-order valence-corrected chi connectivity index (χ0v) is 13.0. The van der Waals surface area contributed by atoms with Crippen molar-refractivity contribution >= 4 is 23.2 Å². The molecule has 0 spiro atoms. The quantitative estimate of drug-likeness (QED) is 0.698. The lowest BCUT2D eigenvalue weighted by Crippen LogP contribution is -2.03. The zero-order chi connectivity index (χ0) is 15.5. The van der Waals surface area contributed by atoms with Crippen molar-refractivity contribution in [2.75, 3.05) is 0 Å². The lowest BCUT2D eigenvalue weighted by Gasteiger charge is -2.12. The molecule has 0 N–H and O–H groups in total. The fourth-order valence-electron chi connectivity index (χ4n) is 1.82. The molecule has 0 aliphatic heterocycles. The van der Waals surface area contributed by atoms with E-state index in [1.807, 2.05) is 6.07 Å². The topological polar surface area (TPSA) is 61.0 Å². The second kappa shape index (κ2) is 6.34. The van der Waals surface area contributed by atoms with Gasteiger partial charge in [0, 0.05) is 23.0 Å². The first kappa shape index (κ1) is 14.8. The van der Waals surface area contributed by atoms with Gasteiger partial charge >= 0.3 is 0 Å². The van der Waals surface area contributed by atoms with Gasteiger partial charge in [0.15, 0.2) is 6.10 Å². The first-order valence-corrected chi connectivity index (χ1v) is 7.25. The van der Waals surface area contributed by atoms with E-state index in [4.69, 9.17) is 32.5 Å². The Balaban J connectivity index is 1.78. The SMILES string of the molecule is C[C@H](Oc1ccc(Cl)cc1Cl)c1nc(-c2cccnc2)no1. The van der Waals surface area contributed by atoms with Gasteiger partial charge in [0.2, 0.25) is 5.82 Å². The number of pyridine rings is 1. The number of halogens is 2. The molecule has 0 amide bonds. The van der Waals surface area contributed by atoms with Crippen LogP contribution >= 0.6 is 23.2 Å². The second-order valence-corrected chi connectivity index (χ2v) is 5.38. The Morgan fingerprint density at radius 2 is 2.09 bits per heavy atom. The van der Waals surface area contributed by atoms with E-state index >= 15 is 0 Å². The summed E-state index contributed by atoms with van der Waals surface area (Å²) in [7, 11) is 0. The normalized spacial score (nSPS) is 12.1. The van der Waals surface area contributed by atoms with Crippen LogP contribution in [0.4, 0.5) is 0 Å². The molecule has 2 aromatic heterocycles. The van der Waals surface area contributed by atoms with Gasteiger partial charge in [-0.15, -0.1) is 0 Å². The molecule has 1 aromatic carbocycles. The van der Waals surface area contributed by atoms with Crippen molar-refractivity contribution in [3.63, 3.8) is 0 Å². The Morgan fingerprint density at radius 1 is 1.23 bits per heavy atom. The van der Waals surface area contributed by atoms with Crippen LogP contribution in [0, 0.1) is 0 Å². The molecule has 7 heteroatoms. The van der Waals surface area contributed by atoms with Gasteiger partial charge in [0.1, 0.15) is 5.75 Å². The first-order valence-electron chi connectivity index (χ1n) is 6.49. The Hall–Kier alpha value is -2.11. The standard InChI is InChI=1S/C15H11Cl2N3O2/c1-9(21-13-5-4-11(16)7-12(13)17)15-19-14(20-22-15)10-3-2-6-18-8-10/h2-9H,1H3/t9-/m0/s1. The van der Waals surface area contributed by atoms with E-state index in [1.165, 1.54) is 0 Å². The first-order chi connectivity index (χ1) is 10.6. The van der Waals surface area contributed by atoms with E-state index in [1.54, 1.807) is 43.6 Å². The summed E-state index contributed by atoms with van der Waals surface area (Å²) in [6, 6.07) is 8.66. The maximum atomic E-state index is 6.08. The third-order valence-electron chi connectivity index (χ3n) is 2.91. The summed E-state index contributed by atoms with van der Waals surface area (Å²) in [4.78, 5) is 8.33. The van der Waals surface area contributed by atoms with Crippen LogP contribution in [0.1, 0.15) is 18.9 Å². The highest BCUT2D eigenvalue weighted by atomic mass is 35.5. The Morgan fingerprint density at radius 3 is 2.82 bits per heavy atom. The average Bonchev–Trinajstić information content (AvgIpc) is 3.01. The zero-order valence-electron chi connectivity index (χ0n) is 11.5. The molecule has 0 saturated heterocycles. The molecule has 3 rings (SSSR count). The van der Waals surface area contributed by atoms with Crippen LogP contribution in [0.5, 0.6) is 5.75 Å². The highest BCUT2D eigenvalue weighted by Crippen LogP contribution is 2.31. The monoisotopic (exact) mass is 335 g/mol. The van der Waals surface area contributed by atoms with Gasteiger partial charge in [-0.1, -0.05) is 28.4 Å². The minimum atomic E-state index is -0.448. The molecule has 22 heavy (non-hydrogen) atoms. The molecular formula is C15H11Cl2N3O2. The number of hydrogen-bond donors (Lipinski definition) is 0. The van der Waals surface area contributed by atoms with Crippen molar-refractivity contribution in [1.29, 1.82) is 0 Å². The highest BCUT2D eigenvalue weighted by molar-refractivity contribution is 6.35. The van der Waals surface area contributed by atoms with Crippen molar-refractivity contribution in [3.05, 3.63) is 58.7 Å². The summed E-state index contributed by atoms with van der Waals surface area (Å²) in [5, 5.41) is 4.89. The van der Waals surface area contributed by atoms with Gasteiger partial charge in [-0.25, -0.2) is 0 Å². The number of benzene rings is 1. The molecule has 0 aliphatic carbocycles. The Labute approximate surface area is 136 Å². The summed E-state index contributed by atoms with van der Waals surface area (Å²) in [5.74, 6) is 1.31. The predicted octanol–water partition coefficient (Wildman–Crippen LogP) is 4.58. The van der Waals surface area contributed by atoms with E-state index in [2.05, 4.69) is 15.1 Å². The minimum absolute atomic E-state index is 0.352. The lowest BCUT2D eigenvalue weighted by molar-refractivity contribution is 0.176. The molecule has 112 valence electrons. The van der Waals surface area contributed by atoms with Crippen LogP contribution in [0.15, 0.2) is 47.2 Å². The van der Waals surface area contributed by atoms with Crippen molar-refractivity contribution in [2.24, 2.45) is 0 Å². The van der Waals surface area contributed by atoms with Crippen LogP contribution in [-0.4, -0.2) is 15.1 Å². The van der Waals surface area contributed by atoms with Gasteiger partial charge in [-0.3, -0.25) is 4.98 Å². The maximum absolute atomic E-state index is 6.08. The van der Waals surface area contributed by atoms with E-state index in [0.717, 1.165) is 5.56 Å². The van der Waals surface area contributed by atoms with Gasteiger partial charge in [0.25, 0.3) is 5.89 Å². The summed E-state index contributed by atoms with van der Waals surface area (Å²) >= 11 is 11.9. The fourth-order valence-corrected chi connectivity index (χ4v) is 2.28. The van der Waals surface area contributed by atoms with Gasteiger partial charge < -0.3 is 9.26 Å². The average molecular weight is 336 g/mol. The molecule has 5 nitrogen and oxygen atoms in total. The van der Waals surface area contributed by atoms with Crippen molar-refractivity contribution in [3.8, 4) is 17.1 Å². The Bertz CT molecular complexity index is 777. The molecular weight excluding hydrogens is 325 g/mol. The van der Waals surface area contributed by atoms with Crippen molar-refractivity contribution < 1.29 is 9.26 Å². The van der Waals surface area contributed by atoms with Crippen LogP contribution in [-0.2, 0) is 0 Å². The number of aromatic nitrogens is 3. The largest absolute Gasteiger partial charge is 0.479 e. The summed E-state index contributed by atoms with van der Waals surface area (Å²) in [5.41, 5.74) is 0.772. The molecule has 0 radical (unpaired) electrons. The summed E-state index contributed by atoms with van der Waals surface area (Å²) in [6.07, 6.45) is 2.89. The molecule has 0 bridgehead atoms. The number of nitrogens with zero attached hydrogens (tertiary/aromatic N) is 3. The van der Waals surface area contributed by atoms with Crippen LogP contribution < -0.4 is 4.74 Å². The second-order valence-electron chi connectivity index (χ2n) is 4.53. The number of rotatable bonds is 4. The fraction of sp³-hybridized carbons (Fsp3) is 0.133. The molecule has 3 aromatic rings.